The van der Waals surface area contributed by atoms with Crippen molar-refractivity contribution in [2.24, 2.45) is 7.05 Å². The largest absolute Gasteiger partial charge is 0.313 e. The number of aryl methyl sites for hydroxylation is 2. The van der Waals surface area contributed by atoms with Gasteiger partial charge in [0.1, 0.15) is 0 Å². The van der Waals surface area contributed by atoms with Crippen molar-refractivity contribution in [1.29, 1.82) is 0 Å². The topological polar surface area (TPSA) is 76.0 Å². The summed E-state index contributed by atoms with van der Waals surface area (Å²) >= 11 is 0. The van der Waals surface area contributed by atoms with Crippen LogP contribution in [0.2, 0.25) is 0 Å². The molecule has 1 aromatic heterocycles. The monoisotopic (exact) mass is 286 g/mol. The molecule has 0 amide bonds. The Labute approximate surface area is 114 Å². The molecule has 0 radical (unpaired) electrons. The van der Waals surface area contributed by atoms with Crippen molar-refractivity contribution in [2.45, 2.75) is 44.5 Å². The van der Waals surface area contributed by atoms with Crippen molar-refractivity contribution in [3.8, 4) is 0 Å². The molecule has 0 aromatic carbocycles. The predicted molar refractivity (Wildman–Crippen MR) is 74.2 cm³/mol. The number of aromatic nitrogens is 2. The van der Waals surface area contributed by atoms with Gasteiger partial charge >= 0.3 is 0 Å². The van der Waals surface area contributed by atoms with Crippen LogP contribution in [-0.2, 0) is 23.6 Å². The molecule has 1 unspecified atom stereocenters. The second-order valence-corrected chi connectivity index (χ2v) is 7.46. The first kappa shape index (κ1) is 14.5. The number of rotatable bonds is 7. The standard InChI is InChI=1S/C12H22N4O2S/c1-9(6-13-12-4-5-12)19(17,18)14-7-11-8-16(3)15-10(11)2/h8-9,12-14H,4-7H2,1-3H3. The first-order chi connectivity index (χ1) is 8.88. The van der Waals surface area contributed by atoms with E-state index in [1.807, 2.05) is 20.2 Å². The molecule has 0 bridgehead atoms. The van der Waals surface area contributed by atoms with Gasteiger partial charge in [-0.25, -0.2) is 13.1 Å². The third-order valence-corrected chi connectivity index (χ3v) is 5.15. The first-order valence-electron chi connectivity index (χ1n) is 6.59. The quantitative estimate of drug-likeness (QED) is 0.755. The van der Waals surface area contributed by atoms with Crippen LogP contribution in [0.25, 0.3) is 0 Å². The van der Waals surface area contributed by atoms with Gasteiger partial charge in [0.05, 0.1) is 10.9 Å². The molecule has 6 nitrogen and oxygen atoms in total. The van der Waals surface area contributed by atoms with E-state index < -0.39 is 15.3 Å². The molecule has 1 saturated carbocycles. The normalized spacial score (nSPS) is 17.6. The fourth-order valence-electron chi connectivity index (χ4n) is 1.87. The van der Waals surface area contributed by atoms with Crippen LogP contribution in [0.4, 0.5) is 0 Å². The summed E-state index contributed by atoms with van der Waals surface area (Å²) in [5.41, 5.74) is 1.77. The molecule has 2 N–H and O–H groups in total. The second-order valence-electron chi connectivity index (χ2n) is 5.27. The molecular weight excluding hydrogens is 264 g/mol. The smallest absolute Gasteiger partial charge is 0.215 e. The molecule has 0 aliphatic heterocycles. The molecule has 1 aliphatic rings. The van der Waals surface area contributed by atoms with E-state index in [0.29, 0.717) is 19.1 Å². The van der Waals surface area contributed by atoms with Gasteiger partial charge in [-0.3, -0.25) is 4.68 Å². The average Bonchev–Trinajstić information content (AvgIpc) is 3.09. The number of hydrogen-bond acceptors (Lipinski definition) is 4. The molecule has 108 valence electrons. The van der Waals surface area contributed by atoms with Crippen LogP contribution in [0.1, 0.15) is 31.0 Å². The van der Waals surface area contributed by atoms with Crippen molar-refractivity contribution in [2.75, 3.05) is 6.54 Å². The molecule has 2 rings (SSSR count). The fourth-order valence-corrected chi connectivity index (χ4v) is 2.83. The summed E-state index contributed by atoms with van der Waals surface area (Å²) in [6.45, 7) is 4.41. The Bertz CT molecular complexity index is 534. The summed E-state index contributed by atoms with van der Waals surface area (Å²) in [7, 11) is -1.46. The van der Waals surface area contributed by atoms with E-state index in [4.69, 9.17) is 0 Å². The number of sulfonamides is 1. The highest BCUT2D eigenvalue weighted by molar-refractivity contribution is 7.90. The van der Waals surface area contributed by atoms with Crippen LogP contribution in [-0.4, -0.2) is 36.0 Å². The zero-order chi connectivity index (χ0) is 14.0. The molecular formula is C12H22N4O2S. The maximum absolute atomic E-state index is 12.1. The van der Waals surface area contributed by atoms with E-state index in [-0.39, 0.29) is 0 Å². The van der Waals surface area contributed by atoms with Crippen LogP contribution in [0.5, 0.6) is 0 Å². The Morgan fingerprint density at radius 2 is 2.21 bits per heavy atom. The minimum absolute atomic E-state index is 0.301. The van der Waals surface area contributed by atoms with Crippen LogP contribution >= 0.6 is 0 Å². The highest BCUT2D eigenvalue weighted by atomic mass is 32.2. The van der Waals surface area contributed by atoms with Crippen LogP contribution < -0.4 is 10.0 Å². The van der Waals surface area contributed by atoms with Gasteiger partial charge in [0, 0.05) is 37.9 Å². The molecule has 19 heavy (non-hydrogen) atoms. The Morgan fingerprint density at radius 3 is 2.74 bits per heavy atom. The third-order valence-electron chi connectivity index (χ3n) is 3.38. The van der Waals surface area contributed by atoms with Gasteiger partial charge in [0.25, 0.3) is 0 Å². The van der Waals surface area contributed by atoms with Crippen LogP contribution in [0, 0.1) is 6.92 Å². The molecule has 7 heteroatoms. The highest BCUT2D eigenvalue weighted by Gasteiger charge is 2.25. The Balaban J connectivity index is 1.87. The molecule has 1 aromatic rings. The number of nitrogens with zero attached hydrogens (tertiary/aromatic N) is 2. The van der Waals surface area contributed by atoms with E-state index in [1.165, 1.54) is 0 Å². The minimum atomic E-state index is -3.28. The first-order valence-corrected chi connectivity index (χ1v) is 8.14. The maximum Gasteiger partial charge on any atom is 0.215 e. The third kappa shape index (κ3) is 4.02. The summed E-state index contributed by atoms with van der Waals surface area (Å²) in [5, 5.41) is 7.01. The van der Waals surface area contributed by atoms with Crippen molar-refractivity contribution >= 4 is 10.0 Å². The van der Waals surface area contributed by atoms with Gasteiger partial charge in [0.2, 0.25) is 10.0 Å². The summed E-state index contributed by atoms with van der Waals surface area (Å²) < 4.78 is 28.5. The average molecular weight is 286 g/mol. The lowest BCUT2D eigenvalue weighted by atomic mass is 10.3. The Hall–Kier alpha value is -0.920. The second kappa shape index (κ2) is 5.60. The number of nitrogens with one attached hydrogen (secondary N) is 2. The van der Waals surface area contributed by atoms with Crippen molar-refractivity contribution in [3.05, 3.63) is 17.5 Å². The Kier molecular flexibility index (Phi) is 4.27. The lowest BCUT2D eigenvalue weighted by molar-refractivity contribution is 0.556. The predicted octanol–water partition coefficient (Wildman–Crippen LogP) is 0.288. The van der Waals surface area contributed by atoms with E-state index in [1.54, 1.807) is 11.6 Å². The lowest BCUT2D eigenvalue weighted by Gasteiger charge is -2.14. The van der Waals surface area contributed by atoms with Crippen molar-refractivity contribution in [3.63, 3.8) is 0 Å². The fraction of sp³-hybridized carbons (Fsp3) is 0.750. The lowest BCUT2D eigenvalue weighted by Crippen LogP contribution is -2.39. The SMILES string of the molecule is Cc1nn(C)cc1CNS(=O)(=O)C(C)CNC1CC1. The molecule has 0 saturated heterocycles. The summed E-state index contributed by atoms with van der Waals surface area (Å²) in [5.74, 6) is 0. The van der Waals surface area contributed by atoms with Crippen molar-refractivity contribution < 1.29 is 8.42 Å². The van der Waals surface area contributed by atoms with Gasteiger partial charge < -0.3 is 5.32 Å². The van der Waals surface area contributed by atoms with E-state index in [9.17, 15) is 8.42 Å². The van der Waals surface area contributed by atoms with Gasteiger partial charge in [-0.05, 0) is 26.7 Å². The molecule has 1 aliphatic carbocycles. The Morgan fingerprint density at radius 1 is 1.53 bits per heavy atom. The van der Waals surface area contributed by atoms with Crippen molar-refractivity contribution in [1.82, 2.24) is 19.8 Å². The summed E-state index contributed by atoms with van der Waals surface area (Å²) in [4.78, 5) is 0. The highest BCUT2D eigenvalue weighted by Crippen LogP contribution is 2.18. The molecule has 1 atom stereocenters. The zero-order valence-corrected chi connectivity index (χ0v) is 12.5. The number of hydrogen-bond donors (Lipinski definition) is 2. The van der Waals surface area contributed by atoms with Gasteiger partial charge in [-0.1, -0.05) is 0 Å². The molecule has 1 heterocycles. The zero-order valence-electron chi connectivity index (χ0n) is 11.7. The van der Waals surface area contributed by atoms with Gasteiger partial charge in [-0.2, -0.15) is 5.10 Å². The molecule has 1 fully saturated rings. The molecule has 0 spiro atoms. The maximum atomic E-state index is 12.1. The van der Waals surface area contributed by atoms with Gasteiger partial charge in [-0.15, -0.1) is 0 Å². The summed E-state index contributed by atoms with van der Waals surface area (Å²) in [6.07, 6.45) is 4.16. The van der Waals surface area contributed by atoms with Crippen LogP contribution in [0.15, 0.2) is 6.20 Å². The minimum Gasteiger partial charge on any atom is -0.313 e. The van der Waals surface area contributed by atoms with E-state index in [2.05, 4.69) is 15.1 Å². The summed E-state index contributed by atoms with van der Waals surface area (Å²) in [6, 6.07) is 0.526. The van der Waals surface area contributed by atoms with Gasteiger partial charge in [0.15, 0.2) is 0 Å². The van der Waals surface area contributed by atoms with E-state index in [0.717, 1.165) is 24.1 Å². The van der Waals surface area contributed by atoms with E-state index >= 15 is 0 Å². The van der Waals surface area contributed by atoms with Crippen LogP contribution in [0.3, 0.4) is 0 Å².